The Kier molecular flexibility index (Phi) is 7.39. The molecule has 1 aliphatic heterocycles. The van der Waals surface area contributed by atoms with Crippen molar-refractivity contribution in [2.45, 2.75) is 30.6 Å². The Balaban J connectivity index is 1.61. The summed E-state index contributed by atoms with van der Waals surface area (Å²) in [5.41, 5.74) is 0.979. The fraction of sp³-hybridized carbons (Fsp3) is 0.318. The van der Waals surface area contributed by atoms with Crippen LogP contribution in [0.5, 0.6) is 0 Å². The van der Waals surface area contributed by atoms with Crippen LogP contribution in [0.25, 0.3) is 0 Å². The molecule has 2 aromatic rings. The van der Waals surface area contributed by atoms with Crippen molar-refractivity contribution in [2.24, 2.45) is 0 Å². The third-order valence-corrected chi connectivity index (χ3v) is 6.80. The molecule has 0 saturated carbocycles. The Morgan fingerprint density at radius 1 is 1.03 bits per heavy atom. The minimum Gasteiger partial charge on any atom is -0.452 e. The quantitative estimate of drug-likeness (QED) is 0.689. The zero-order valence-electron chi connectivity index (χ0n) is 16.9. The van der Waals surface area contributed by atoms with E-state index in [-0.39, 0.29) is 10.5 Å². The molecule has 0 aromatic heterocycles. The summed E-state index contributed by atoms with van der Waals surface area (Å²) in [5, 5.41) is 11.3. The van der Waals surface area contributed by atoms with Gasteiger partial charge in [0.25, 0.3) is 5.91 Å². The predicted octanol–water partition coefficient (Wildman–Crippen LogP) is 2.92. The molecule has 1 aliphatic rings. The predicted molar refractivity (Wildman–Crippen MR) is 114 cm³/mol. The van der Waals surface area contributed by atoms with Crippen LogP contribution >= 0.6 is 0 Å². The van der Waals surface area contributed by atoms with E-state index >= 15 is 0 Å². The summed E-state index contributed by atoms with van der Waals surface area (Å²) in [6.45, 7) is 0.404. The minimum atomic E-state index is -3.70. The van der Waals surface area contributed by atoms with Gasteiger partial charge in [-0.25, -0.2) is 13.2 Å². The molecule has 0 unspecified atom stereocenters. The van der Waals surface area contributed by atoms with Gasteiger partial charge in [-0.2, -0.15) is 9.57 Å². The third kappa shape index (κ3) is 5.90. The molecule has 0 spiro atoms. The lowest BCUT2D eigenvalue weighted by molar-refractivity contribution is -0.119. The van der Waals surface area contributed by atoms with Crippen LogP contribution in [0.15, 0.2) is 53.4 Å². The number of ether oxygens (including phenoxy) is 1. The van der Waals surface area contributed by atoms with Crippen LogP contribution in [0.4, 0.5) is 5.69 Å². The topological polar surface area (TPSA) is 117 Å². The van der Waals surface area contributed by atoms with Crippen molar-refractivity contribution in [1.82, 2.24) is 4.31 Å². The summed E-state index contributed by atoms with van der Waals surface area (Å²) in [4.78, 5) is 24.4. The Bertz CT molecular complexity index is 1080. The van der Waals surface area contributed by atoms with Crippen LogP contribution in [0.3, 0.4) is 0 Å². The Hall–Kier alpha value is -3.22. The van der Waals surface area contributed by atoms with E-state index in [9.17, 15) is 18.0 Å². The molecule has 1 fully saturated rings. The van der Waals surface area contributed by atoms with E-state index in [2.05, 4.69) is 5.32 Å². The van der Waals surface area contributed by atoms with Crippen molar-refractivity contribution in [1.29, 1.82) is 5.26 Å². The van der Waals surface area contributed by atoms with Gasteiger partial charge in [0.05, 0.1) is 22.1 Å². The number of carbonyl (C=O) groups excluding carboxylic acids is 2. The smallest absolute Gasteiger partial charge is 0.338 e. The number of nitrogens with zero attached hydrogens (tertiary/aromatic N) is 2. The van der Waals surface area contributed by atoms with Crippen molar-refractivity contribution >= 4 is 27.6 Å². The van der Waals surface area contributed by atoms with Gasteiger partial charge in [0.1, 0.15) is 0 Å². The zero-order chi connectivity index (χ0) is 22.3. The van der Waals surface area contributed by atoms with Crippen LogP contribution in [0.1, 0.15) is 41.6 Å². The number of hydrogen-bond acceptors (Lipinski definition) is 6. The highest BCUT2D eigenvalue weighted by Gasteiger charge is 2.26. The van der Waals surface area contributed by atoms with Gasteiger partial charge < -0.3 is 10.1 Å². The second kappa shape index (κ2) is 10.2. The molecular formula is C22H23N3O5S. The number of esters is 1. The van der Waals surface area contributed by atoms with E-state index in [1.807, 2.05) is 6.07 Å². The maximum Gasteiger partial charge on any atom is 0.338 e. The van der Waals surface area contributed by atoms with E-state index in [1.165, 1.54) is 28.6 Å². The maximum atomic E-state index is 12.9. The summed E-state index contributed by atoms with van der Waals surface area (Å²) in [5.74, 6) is -1.34. The van der Waals surface area contributed by atoms with Crippen LogP contribution < -0.4 is 5.32 Å². The van der Waals surface area contributed by atoms with E-state index in [1.54, 1.807) is 24.3 Å². The van der Waals surface area contributed by atoms with E-state index in [4.69, 9.17) is 10.00 Å². The molecule has 31 heavy (non-hydrogen) atoms. The van der Waals surface area contributed by atoms with Crippen LogP contribution in [-0.2, 0) is 19.6 Å². The SMILES string of the molecule is N#Cc1ccc(NC(=O)COC(=O)c2cccc(S(=O)(=O)N3CCCCCC3)c2)cc1. The van der Waals surface area contributed by atoms with Crippen molar-refractivity contribution in [3.63, 3.8) is 0 Å². The monoisotopic (exact) mass is 441 g/mol. The number of amides is 1. The van der Waals surface area contributed by atoms with Crippen LogP contribution in [0.2, 0.25) is 0 Å². The van der Waals surface area contributed by atoms with Gasteiger partial charge >= 0.3 is 5.97 Å². The Morgan fingerprint density at radius 3 is 2.35 bits per heavy atom. The third-order valence-electron chi connectivity index (χ3n) is 4.90. The summed E-state index contributed by atoms with van der Waals surface area (Å²) < 4.78 is 32.3. The number of anilines is 1. The first-order valence-electron chi connectivity index (χ1n) is 9.97. The van der Waals surface area contributed by atoms with Gasteiger partial charge in [-0.1, -0.05) is 18.9 Å². The number of nitriles is 1. The average molecular weight is 442 g/mol. The van der Waals surface area contributed by atoms with Crippen molar-refractivity contribution in [2.75, 3.05) is 25.0 Å². The number of nitrogens with one attached hydrogen (secondary N) is 1. The van der Waals surface area contributed by atoms with E-state index < -0.39 is 28.5 Å². The highest BCUT2D eigenvalue weighted by atomic mass is 32.2. The molecular weight excluding hydrogens is 418 g/mol. The molecule has 1 N–H and O–H groups in total. The van der Waals surface area contributed by atoms with E-state index in [0.29, 0.717) is 24.3 Å². The Morgan fingerprint density at radius 2 is 1.71 bits per heavy atom. The lowest BCUT2D eigenvalue weighted by atomic mass is 10.2. The highest BCUT2D eigenvalue weighted by molar-refractivity contribution is 7.89. The van der Waals surface area contributed by atoms with Crippen LogP contribution in [-0.4, -0.2) is 44.3 Å². The molecule has 0 bridgehead atoms. The number of benzene rings is 2. The molecule has 3 rings (SSSR count). The van der Waals surface area contributed by atoms with Gasteiger partial charge in [0.2, 0.25) is 10.0 Å². The molecule has 1 amide bonds. The fourth-order valence-electron chi connectivity index (χ4n) is 3.25. The molecule has 0 aliphatic carbocycles. The van der Waals surface area contributed by atoms with Gasteiger partial charge in [-0.05, 0) is 55.3 Å². The number of rotatable bonds is 6. The lowest BCUT2D eigenvalue weighted by Crippen LogP contribution is -2.32. The standard InChI is InChI=1S/C22H23N3O5S/c23-15-17-8-10-19(11-9-17)24-21(26)16-30-22(27)18-6-5-7-20(14-18)31(28,29)25-12-3-1-2-4-13-25/h5-11,14H,1-4,12-13,16H2,(H,24,26). The summed E-state index contributed by atoms with van der Waals surface area (Å²) in [6, 6.07) is 13.9. The molecule has 2 aromatic carbocycles. The normalized spacial score (nSPS) is 14.8. The largest absolute Gasteiger partial charge is 0.452 e. The Labute approximate surface area is 181 Å². The lowest BCUT2D eigenvalue weighted by Gasteiger charge is -2.20. The molecule has 9 heteroatoms. The second-order valence-electron chi connectivity index (χ2n) is 7.16. The summed E-state index contributed by atoms with van der Waals surface area (Å²) in [7, 11) is -3.70. The first kappa shape index (κ1) is 22.5. The maximum absolute atomic E-state index is 12.9. The number of sulfonamides is 1. The first-order chi connectivity index (χ1) is 14.9. The van der Waals surface area contributed by atoms with Gasteiger partial charge in [0, 0.05) is 18.8 Å². The van der Waals surface area contributed by atoms with Crippen molar-refractivity contribution in [3.8, 4) is 6.07 Å². The van der Waals surface area contributed by atoms with Gasteiger partial charge in [0.15, 0.2) is 6.61 Å². The summed E-state index contributed by atoms with van der Waals surface area (Å²) in [6.07, 6.45) is 3.64. The fourth-order valence-corrected chi connectivity index (χ4v) is 4.82. The molecule has 1 heterocycles. The highest BCUT2D eigenvalue weighted by Crippen LogP contribution is 2.21. The molecule has 0 radical (unpaired) electrons. The zero-order valence-corrected chi connectivity index (χ0v) is 17.7. The molecule has 1 saturated heterocycles. The number of hydrogen-bond donors (Lipinski definition) is 1. The second-order valence-corrected chi connectivity index (χ2v) is 9.10. The van der Waals surface area contributed by atoms with E-state index in [0.717, 1.165) is 25.7 Å². The van der Waals surface area contributed by atoms with Gasteiger partial charge in [-0.15, -0.1) is 0 Å². The molecule has 8 nitrogen and oxygen atoms in total. The van der Waals surface area contributed by atoms with Crippen molar-refractivity contribution in [3.05, 3.63) is 59.7 Å². The van der Waals surface area contributed by atoms with Crippen LogP contribution in [0, 0.1) is 11.3 Å². The molecule has 0 atom stereocenters. The minimum absolute atomic E-state index is 0.0332. The average Bonchev–Trinajstić information content (AvgIpc) is 3.08. The first-order valence-corrected chi connectivity index (χ1v) is 11.4. The molecule has 162 valence electrons. The van der Waals surface area contributed by atoms with Crippen molar-refractivity contribution < 1.29 is 22.7 Å². The number of carbonyl (C=O) groups is 2. The summed E-state index contributed by atoms with van der Waals surface area (Å²) >= 11 is 0. The van der Waals surface area contributed by atoms with Gasteiger partial charge in [-0.3, -0.25) is 4.79 Å².